The summed E-state index contributed by atoms with van der Waals surface area (Å²) < 4.78 is 10.8. The topological polar surface area (TPSA) is 67.9 Å². The molecule has 0 radical (unpaired) electrons. The first-order chi connectivity index (χ1) is 13.9. The molecule has 1 N–H and O–H groups in total. The lowest BCUT2D eigenvalue weighted by Crippen LogP contribution is -2.49. The van der Waals surface area contributed by atoms with Gasteiger partial charge in [0.15, 0.2) is 6.61 Å². The van der Waals surface area contributed by atoms with Gasteiger partial charge in [0, 0.05) is 13.1 Å². The largest absolute Gasteiger partial charge is 0.497 e. The van der Waals surface area contributed by atoms with Gasteiger partial charge in [-0.15, -0.1) is 0 Å². The summed E-state index contributed by atoms with van der Waals surface area (Å²) in [5.74, 6) is 1.19. The molecule has 1 atom stereocenters. The highest BCUT2D eigenvalue weighted by molar-refractivity contribution is 5.87. The van der Waals surface area contributed by atoms with E-state index in [1.165, 1.54) is 0 Å². The molecule has 0 aliphatic rings. The van der Waals surface area contributed by atoms with Crippen LogP contribution in [0.25, 0.3) is 0 Å². The Hall–Kier alpha value is -3.02. The van der Waals surface area contributed by atoms with Gasteiger partial charge in [0.2, 0.25) is 5.91 Å². The van der Waals surface area contributed by atoms with Crippen molar-refractivity contribution in [3.8, 4) is 11.5 Å². The maximum atomic E-state index is 12.9. The highest BCUT2D eigenvalue weighted by Gasteiger charge is 2.26. The third-order valence-electron chi connectivity index (χ3n) is 4.47. The zero-order valence-electron chi connectivity index (χ0n) is 17.6. The summed E-state index contributed by atoms with van der Waals surface area (Å²) in [5.41, 5.74) is 0.953. The summed E-state index contributed by atoms with van der Waals surface area (Å²) in [7, 11) is 1.59. The van der Waals surface area contributed by atoms with Gasteiger partial charge in [-0.05, 0) is 42.7 Å². The molecule has 2 aromatic rings. The molecule has 6 nitrogen and oxygen atoms in total. The number of benzene rings is 2. The Morgan fingerprint density at radius 2 is 1.59 bits per heavy atom. The molecule has 2 aromatic carbocycles. The minimum absolute atomic E-state index is 0.152. The summed E-state index contributed by atoms with van der Waals surface area (Å²) in [6.45, 7) is 6.55. The fourth-order valence-corrected chi connectivity index (χ4v) is 2.72. The van der Waals surface area contributed by atoms with Crippen LogP contribution in [0.2, 0.25) is 0 Å². The quantitative estimate of drug-likeness (QED) is 0.667. The Labute approximate surface area is 172 Å². The summed E-state index contributed by atoms with van der Waals surface area (Å²) >= 11 is 0. The van der Waals surface area contributed by atoms with Crippen LogP contribution in [0.5, 0.6) is 11.5 Å². The van der Waals surface area contributed by atoms with Crippen LogP contribution in [0.15, 0.2) is 54.6 Å². The smallest absolute Gasteiger partial charge is 0.261 e. The van der Waals surface area contributed by atoms with E-state index >= 15 is 0 Å². The fourth-order valence-electron chi connectivity index (χ4n) is 2.72. The summed E-state index contributed by atoms with van der Waals surface area (Å²) in [6.07, 6.45) is 0. The Bertz CT molecular complexity index is 775. The molecule has 1 unspecified atom stereocenters. The van der Waals surface area contributed by atoms with Gasteiger partial charge in [0.25, 0.3) is 5.91 Å². The van der Waals surface area contributed by atoms with Crippen molar-refractivity contribution >= 4 is 11.8 Å². The summed E-state index contributed by atoms with van der Waals surface area (Å²) in [6, 6.07) is 16.0. The predicted molar refractivity (Wildman–Crippen MR) is 113 cm³/mol. The van der Waals surface area contributed by atoms with Crippen LogP contribution in [0.3, 0.4) is 0 Å². The van der Waals surface area contributed by atoms with Gasteiger partial charge in [-0.25, -0.2) is 0 Å². The molecule has 29 heavy (non-hydrogen) atoms. The number of methoxy groups -OCH3 is 1. The van der Waals surface area contributed by atoms with Crippen LogP contribution in [0.1, 0.15) is 26.3 Å². The van der Waals surface area contributed by atoms with Crippen molar-refractivity contribution in [3.63, 3.8) is 0 Å². The van der Waals surface area contributed by atoms with E-state index in [9.17, 15) is 9.59 Å². The average Bonchev–Trinajstić information content (AvgIpc) is 2.74. The molecule has 0 saturated heterocycles. The molecule has 6 heteroatoms. The van der Waals surface area contributed by atoms with Gasteiger partial charge >= 0.3 is 0 Å². The first-order valence-corrected chi connectivity index (χ1v) is 9.78. The minimum atomic E-state index is -0.610. The molecule has 0 bridgehead atoms. The maximum Gasteiger partial charge on any atom is 0.261 e. The number of carbonyl (C=O) groups is 2. The molecule has 2 rings (SSSR count). The number of amides is 2. The van der Waals surface area contributed by atoms with Gasteiger partial charge in [-0.3, -0.25) is 9.59 Å². The van der Waals surface area contributed by atoms with Crippen molar-refractivity contribution in [2.45, 2.75) is 33.4 Å². The zero-order valence-corrected chi connectivity index (χ0v) is 17.6. The second-order valence-electron chi connectivity index (χ2n) is 7.29. The van der Waals surface area contributed by atoms with E-state index in [0.29, 0.717) is 30.5 Å². The third-order valence-corrected chi connectivity index (χ3v) is 4.47. The second-order valence-corrected chi connectivity index (χ2v) is 7.29. The standard InChI is InChI=1S/C23H30N2O4/c1-17(2)14-24-23(27)18(3)25(15-19-8-6-5-7-9-19)22(26)16-29-21-12-10-20(28-4)11-13-21/h5-13,17-18H,14-16H2,1-4H3,(H,24,27). The molecule has 2 amide bonds. The molecule has 0 aliphatic heterocycles. The lowest BCUT2D eigenvalue weighted by Gasteiger charge is -2.29. The molecular weight excluding hydrogens is 368 g/mol. The number of ether oxygens (including phenoxy) is 2. The minimum Gasteiger partial charge on any atom is -0.497 e. The molecule has 156 valence electrons. The molecule has 0 aliphatic carbocycles. The van der Waals surface area contributed by atoms with E-state index in [-0.39, 0.29) is 18.4 Å². The van der Waals surface area contributed by atoms with Crippen LogP contribution >= 0.6 is 0 Å². The highest BCUT2D eigenvalue weighted by Crippen LogP contribution is 2.17. The number of hydrogen-bond donors (Lipinski definition) is 1. The molecule has 0 heterocycles. The van der Waals surface area contributed by atoms with Gasteiger partial charge < -0.3 is 19.7 Å². The van der Waals surface area contributed by atoms with Crippen LogP contribution in [0, 0.1) is 5.92 Å². The lowest BCUT2D eigenvalue weighted by molar-refractivity contribution is -0.142. The van der Waals surface area contributed by atoms with Crippen LogP contribution in [0.4, 0.5) is 0 Å². The van der Waals surface area contributed by atoms with E-state index in [1.807, 2.05) is 44.2 Å². The summed E-state index contributed by atoms with van der Waals surface area (Å²) in [4.78, 5) is 27.0. The Balaban J connectivity index is 2.07. The molecular formula is C23H30N2O4. The Morgan fingerprint density at radius 1 is 0.966 bits per heavy atom. The van der Waals surface area contributed by atoms with E-state index in [1.54, 1.807) is 43.2 Å². The van der Waals surface area contributed by atoms with E-state index in [4.69, 9.17) is 9.47 Å². The summed E-state index contributed by atoms with van der Waals surface area (Å²) in [5, 5.41) is 2.90. The average molecular weight is 399 g/mol. The highest BCUT2D eigenvalue weighted by atomic mass is 16.5. The van der Waals surface area contributed by atoms with Gasteiger partial charge in [0.1, 0.15) is 17.5 Å². The van der Waals surface area contributed by atoms with Crippen molar-refractivity contribution in [2.75, 3.05) is 20.3 Å². The van der Waals surface area contributed by atoms with Crippen LogP contribution in [-0.2, 0) is 16.1 Å². The normalized spacial score (nSPS) is 11.6. The Morgan fingerprint density at radius 3 is 2.17 bits per heavy atom. The lowest BCUT2D eigenvalue weighted by atomic mass is 10.1. The third kappa shape index (κ3) is 7.14. The van der Waals surface area contributed by atoms with E-state index in [2.05, 4.69) is 5.32 Å². The SMILES string of the molecule is COc1ccc(OCC(=O)N(Cc2ccccc2)C(C)C(=O)NCC(C)C)cc1. The first-order valence-electron chi connectivity index (χ1n) is 9.78. The fraction of sp³-hybridized carbons (Fsp3) is 0.391. The number of rotatable bonds is 10. The van der Waals surface area contributed by atoms with E-state index in [0.717, 1.165) is 5.56 Å². The van der Waals surface area contributed by atoms with Crippen LogP contribution < -0.4 is 14.8 Å². The number of nitrogens with zero attached hydrogens (tertiary/aromatic N) is 1. The zero-order chi connectivity index (χ0) is 21.2. The predicted octanol–water partition coefficient (Wildman–Crippen LogP) is 3.26. The number of hydrogen-bond acceptors (Lipinski definition) is 4. The molecule has 0 fully saturated rings. The van der Waals surface area contributed by atoms with Gasteiger partial charge in [0.05, 0.1) is 7.11 Å². The van der Waals surface area contributed by atoms with E-state index < -0.39 is 6.04 Å². The second kappa shape index (κ2) is 11.1. The Kier molecular flexibility index (Phi) is 8.52. The maximum absolute atomic E-state index is 12.9. The van der Waals surface area contributed by atoms with Gasteiger partial charge in [-0.2, -0.15) is 0 Å². The monoisotopic (exact) mass is 398 g/mol. The molecule has 0 aromatic heterocycles. The van der Waals surface area contributed by atoms with Crippen molar-refractivity contribution in [2.24, 2.45) is 5.92 Å². The van der Waals surface area contributed by atoms with Gasteiger partial charge in [-0.1, -0.05) is 44.2 Å². The number of nitrogens with one attached hydrogen (secondary N) is 1. The van der Waals surface area contributed by atoms with Crippen molar-refractivity contribution < 1.29 is 19.1 Å². The van der Waals surface area contributed by atoms with Crippen molar-refractivity contribution in [1.82, 2.24) is 10.2 Å². The molecule has 0 spiro atoms. The first kappa shape index (κ1) is 22.3. The molecule has 0 saturated carbocycles. The van der Waals surface area contributed by atoms with Crippen molar-refractivity contribution in [3.05, 3.63) is 60.2 Å². The van der Waals surface area contributed by atoms with Crippen molar-refractivity contribution in [1.29, 1.82) is 0 Å². The number of carbonyl (C=O) groups excluding carboxylic acids is 2. The van der Waals surface area contributed by atoms with Crippen LogP contribution in [-0.4, -0.2) is 43.0 Å².